The molecular formula is C24H32F9N3O7. The van der Waals surface area contributed by atoms with E-state index in [0.29, 0.717) is 11.6 Å². The Hall–Kier alpha value is -3.19. The predicted octanol–water partition coefficient (Wildman–Crippen LogP) is 4.45. The quantitative estimate of drug-likeness (QED) is 0.394. The zero-order valence-corrected chi connectivity index (χ0v) is 23.0. The smallest absolute Gasteiger partial charge is 0.475 e. The molecule has 19 heteroatoms. The average molecular weight is 646 g/mol. The summed E-state index contributed by atoms with van der Waals surface area (Å²) in [7, 11) is 2.31. The number of piperidine rings is 1. The molecule has 3 rings (SSSR count). The zero-order chi connectivity index (χ0) is 33.6. The summed E-state index contributed by atoms with van der Waals surface area (Å²) >= 11 is 0. The van der Waals surface area contributed by atoms with Gasteiger partial charge >= 0.3 is 36.4 Å². The molecule has 1 spiro atoms. The fraction of sp³-hybridized carbons (Fsp3) is 0.667. The van der Waals surface area contributed by atoms with Crippen molar-refractivity contribution in [3.8, 4) is 0 Å². The minimum atomic E-state index is -5.08. The maximum Gasteiger partial charge on any atom is 0.490 e. The number of aromatic nitrogens is 1. The summed E-state index contributed by atoms with van der Waals surface area (Å²) in [5.41, 5.74) is 1.80. The number of pyridine rings is 1. The van der Waals surface area contributed by atoms with Crippen molar-refractivity contribution in [3.05, 3.63) is 30.1 Å². The number of hydrogen-bond acceptors (Lipinski definition) is 7. The molecule has 1 unspecified atom stereocenters. The van der Waals surface area contributed by atoms with E-state index < -0.39 is 36.4 Å². The molecule has 1 atom stereocenters. The Bertz CT molecular complexity index is 942. The monoisotopic (exact) mass is 645 g/mol. The molecule has 3 heterocycles. The molecule has 1 aromatic heterocycles. The largest absolute Gasteiger partial charge is 0.490 e. The summed E-state index contributed by atoms with van der Waals surface area (Å²) < 4.78 is 101. The van der Waals surface area contributed by atoms with E-state index >= 15 is 0 Å². The van der Waals surface area contributed by atoms with Crippen LogP contribution < -0.4 is 0 Å². The summed E-state index contributed by atoms with van der Waals surface area (Å²) in [6.45, 7) is 7.28. The van der Waals surface area contributed by atoms with Crippen LogP contribution in [0.4, 0.5) is 39.5 Å². The van der Waals surface area contributed by atoms with Crippen LogP contribution in [0.15, 0.2) is 24.5 Å². The Morgan fingerprint density at radius 3 is 1.60 bits per heavy atom. The third-order valence-corrected chi connectivity index (χ3v) is 6.42. The summed E-state index contributed by atoms with van der Waals surface area (Å²) in [6.07, 6.45) is -6.26. The molecule has 248 valence electrons. The minimum Gasteiger partial charge on any atom is -0.475 e. The molecule has 0 saturated carbocycles. The first-order valence-electron chi connectivity index (χ1n) is 12.4. The van der Waals surface area contributed by atoms with Crippen molar-refractivity contribution in [1.29, 1.82) is 0 Å². The van der Waals surface area contributed by atoms with Gasteiger partial charge in [0.15, 0.2) is 0 Å². The van der Waals surface area contributed by atoms with E-state index in [-0.39, 0.29) is 0 Å². The van der Waals surface area contributed by atoms with Gasteiger partial charge in [-0.05, 0) is 57.4 Å². The molecule has 2 saturated heterocycles. The van der Waals surface area contributed by atoms with Gasteiger partial charge in [0.1, 0.15) is 0 Å². The van der Waals surface area contributed by atoms with Crippen LogP contribution >= 0.6 is 0 Å². The number of carbonyl (C=O) groups is 3. The van der Waals surface area contributed by atoms with Crippen molar-refractivity contribution < 1.29 is 74.0 Å². The first-order chi connectivity index (χ1) is 19.6. The molecule has 2 aliphatic rings. The lowest BCUT2D eigenvalue weighted by atomic mass is 9.85. The number of carboxylic acids is 3. The third-order valence-electron chi connectivity index (χ3n) is 6.42. The van der Waals surface area contributed by atoms with E-state index in [1.807, 2.05) is 12.4 Å². The second-order valence-electron chi connectivity index (χ2n) is 9.23. The molecule has 0 radical (unpaired) electrons. The summed E-state index contributed by atoms with van der Waals surface area (Å²) in [5.74, 6) is -8.27. The lowest BCUT2D eigenvalue weighted by molar-refractivity contribution is -0.193. The van der Waals surface area contributed by atoms with Gasteiger partial charge in [-0.1, -0.05) is 0 Å². The third kappa shape index (κ3) is 15.2. The maximum atomic E-state index is 10.6. The van der Waals surface area contributed by atoms with E-state index in [4.69, 9.17) is 34.4 Å². The molecule has 2 fully saturated rings. The van der Waals surface area contributed by atoms with Gasteiger partial charge in [-0.25, -0.2) is 14.4 Å². The first kappa shape index (κ1) is 39.8. The predicted molar refractivity (Wildman–Crippen MR) is 130 cm³/mol. The van der Waals surface area contributed by atoms with Gasteiger partial charge in [-0.15, -0.1) is 0 Å². The van der Waals surface area contributed by atoms with Gasteiger partial charge in [0.2, 0.25) is 0 Å². The van der Waals surface area contributed by atoms with Crippen LogP contribution in [0.5, 0.6) is 0 Å². The van der Waals surface area contributed by atoms with Gasteiger partial charge in [-0.2, -0.15) is 39.5 Å². The topological polar surface area (TPSA) is 140 Å². The highest BCUT2D eigenvalue weighted by molar-refractivity contribution is 5.73. The molecule has 0 amide bonds. The van der Waals surface area contributed by atoms with E-state index in [2.05, 4.69) is 40.9 Å². The minimum absolute atomic E-state index is 0.427. The molecule has 3 N–H and O–H groups in total. The average Bonchev–Trinajstić information content (AvgIpc) is 3.19. The molecule has 0 aliphatic carbocycles. The summed E-state index contributed by atoms with van der Waals surface area (Å²) in [6, 6.07) is 4.88. The van der Waals surface area contributed by atoms with Crippen LogP contribution in [0.25, 0.3) is 0 Å². The van der Waals surface area contributed by atoms with Gasteiger partial charge in [-0.3, -0.25) is 14.8 Å². The normalized spacial score (nSPS) is 18.7. The number of halogens is 9. The van der Waals surface area contributed by atoms with Crippen molar-refractivity contribution in [1.82, 2.24) is 14.8 Å². The van der Waals surface area contributed by atoms with Crippen molar-refractivity contribution >= 4 is 17.9 Å². The number of rotatable bonds is 5. The number of ether oxygens (including phenoxy) is 1. The molecular weight excluding hydrogens is 613 g/mol. The van der Waals surface area contributed by atoms with Crippen LogP contribution in [-0.4, -0.2) is 111 Å². The lowest BCUT2D eigenvalue weighted by Crippen LogP contribution is -2.52. The second-order valence-corrected chi connectivity index (χ2v) is 9.23. The number of likely N-dealkylation sites (N-methyl/N-ethyl adjacent to an activating group) is 1. The van der Waals surface area contributed by atoms with Gasteiger partial charge in [0, 0.05) is 50.2 Å². The van der Waals surface area contributed by atoms with E-state index in [9.17, 15) is 39.5 Å². The van der Waals surface area contributed by atoms with Crippen LogP contribution in [-0.2, 0) is 25.7 Å². The fourth-order valence-corrected chi connectivity index (χ4v) is 4.12. The van der Waals surface area contributed by atoms with Crippen LogP contribution in [0.2, 0.25) is 0 Å². The zero-order valence-electron chi connectivity index (χ0n) is 23.0. The fourth-order valence-electron chi connectivity index (χ4n) is 4.12. The molecule has 2 aliphatic heterocycles. The molecule has 1 aromatic rings. The number of aliphatic carboxylic acids is 3. The van der Waals surface area contributed by atoms with Crippen LogP contribution in [0.1, 0.15) is 38.2 Å². The highest BCUT2D eigenvalue weighted by Gasteiger charge is 2.45. The van der Waals surface area contributed by atoms with Crippen LogP contribution in [0, 0.1) is 0 Å². The molecule has 0 bridgehead atoms. The van der Waals surface area contributed by atoms with Crippen LogP contribution in [0.3, 0.4) is 0 Å². The van der Waals surface area contributed by atoms with Gasteiger partial charge < -0.3 is 20.1 Å². The Morgan fingerprint density at radius 2 is 1.26 bits per heavy atom. The number of nitrogens with zero attached hydrogens (tertiary/aromatic N) is 3. The van der Waals surface area contributed by atoms with E-state index in [1.165, 1.54) is 44.3 Å². The highest BCUT2D eigenvalue weighted by Crippen LogP contribution is 2.40. The van der Waals surface area contributed by atoms with Gasteiger partial charge in [0.05, 0.1) is 6.61 Å². The second kappa shape index (κ2) is 17.2. The first-order valence-corrected chi connectivity index (χ1v) is 12.4. The molecule has 10 nitrogen and oxygen atoms in total. The SMILES string of the molecule is CCOCC1CCC2(CCN(Cc3ccncc3)CC2)N1C.O=C(O)C(F)(F)F.O=C(O)C(F)(F)F.O=C(O)C(F)(F)F. The molecule has 43 heavy (non-hydrogen) atoms. The maximum absolute atomic E-state index is 10.6. The number of likely N-dealkylation sites (tertiary alicyclic amines) is 2. The van der Waals surface area contributed by atoms with E-state index in [0.717, 1.165) is 19.8 Å². The van der Waals surface area contributed by atoms with Gasteiger partial charge in [0.25, 0.3) is 0 Å². The molecule has 0 aromatic carbocycles. The number of carboxylic acid groups (broad SMARTS) is 3. The number of alkyl halides is 9. The van der Waals surface area contributed by atoms with E-state index in [1.54, 1.807) is 0 Å². The number of hydrogen-bond donors (Lipinski definition) is 3. The van der Waals surface area contributed by atoms with Crippen molar-refractivity contribution in [2.45, 2.75) is 69.3 Å². The van der Waals surface area contributed by atoms with Crippen molar-refractivity contribution in [3.63, 3.8) is 0 Å². The Labute approximate surface area is 240 Å². The Kier molecular flexibility index (Phi) is 15.9. The lowest BCUT2D eigenvalue weighted by Gasteiger charge is -2.45. The standard InChI is InChI=1S/C18H29N3O.3C2HF3O2/c1-3-22-15-17-4-7-18(20(17)2)8-12-21(13-9-18)14-16-5-10-19-11-6-16;3*3-2(4,5)1(6)7/h5-6,10-11,17H,3-4,7-9,12-15H2,1-2H3;3*(H,6,7). The Morgan fingerprint density at radius 1 is 0.860 bits per heavy atom. The van der Waals surface area contributed by atoms with Crippen molar-refractivity contribution in [2.24, 2.45) is 0 Å². The highest BCUT2D eigenvalue weighted by atomic mass is 19.4. The van der Waals surface area contributed by atoms with Crippen molar-refractivity contribution in [2.75, 3.05) is 33.4 Å². The Balaban J connectivity index is 0.000000690. The summed E-state index contributed by atoms with van der Waals surface area (Å²) in [4.78, 5) is 36.0. The summed E-state index contributed by atoms with van der Waals surface area (Å²) in [5, 5.41) is 21.4.